The van der Waals surface area contributed by atoms with Crippen molar-refractivity contribution in [3.05, 3.63) is 53.6 Å². The Morgan fingerprint density at radius 1 is 0.792 bits per heavy atom. The first kappa shape index (κ1) is 36.8. The minimum atomic E-state index is -1.92. The van der Waals surface area contributed by atoms with E-state index in [9.17, 15) is 55.5 Å². The average Bonchev–Trinajstić information content (AvgIpc) is 3.05. The van der Waals surface area contributed by atoms with Crippen LogP contribution in [0.1, 0.15) is 18.1 Å². The third-order valence-electron chi connectivity index (χ3n) is 7.58. The van der Waals surface area contributed by atoms with Gasteiger partial charge in [0.2, 0.25) is 0 Å². The summed E-state index contributed by atoms with van der Waals surface area (Å²) in [5, 5.41) is 91.5. The number of hydrogen-bond acceptors (Lipinski definition) is 17. The molecule has 9 N–H and O–H groups in total. The van der Waals surface area contributed by atoms with Gasteiger partial charge in [0.1, 0.15) is 49.3 Å². The molecule has 17 heteroatoms. The standard InChI is InChI=1S/C31H38O17/c1-14(33)44-13-22-24(39)25(40)26(41)31(46-22)48-29-27(42)30(43-9-8-16-3-6-18(35)20(37)11-16)45-21(12-32)28(29)47-23(38)7-4-15-2-5-17(34)19(36)10-15/h2-7,10-11,21-22,24-32,34-37,39-42H,8-9,12-13H2,1H3/b7-4+/t21-,22+,24+,25-,26+,27-,28-,29-,30-,31-/m0/s1. The number of aromatic hydroxyl groups is 4. The number of ether oxygens (including phenoxy) is 6. The molecule has 0 spiro atoms. The van der Waals surface area contributed by atoms with E-state index in [1.165, 1.54) is 42.5 Å². The van der Waals surface area contributed by atoms with Gasteiger partial charge >= 0.3 is 11.9 Å². The van der Waals surface area contributed by atoms with E-state index in [0.717, 1.165) is 13.0 Å². The van der Waals surface area contributed by atoms with E-state index >= 15 is 0 Å². The Hall–Kier alpha value is -4.04. The Kier molecular flexibility index (Phi) is 12.6. The zero-order valence-electron chi connectivity index (χ0n) is 25.5. The van der Waals surface area contributed by atoms with Gasteiger partial charge in [0.15, 0.2) is 41.7 Å². The number of aliphatic hydroxyl groups excluding tert-OH is 5. The van der Waals surface area contributed by atoms with Gasteiger partial charge in [-0.3, -0.25) is 4.79 Å². The Morgan fingerprint density at radius 3 is 2.10 bits per heavy atom. The van der Waals surface area contributed by atoms with E-state index < -0.39 is 92.3 Å². The second kappa shape index (κ2) is 16.4. The van der Waals surface area contributed by atoms with Gasteiger partial charge in [0.25, 0.3) is 0 Å². The van der Waals surface area contributed by atoms with Crippen molar-refractivity contribution in [1.29, 1.82) is 0 Å². The Labute approximate surface area is 273 Å². The average molecular weight is 683 g/mol. The van der Waals surface area contributed by atoms with E-state index in [0.29, 0.717) is 11.1 Å². The molecule has 2 aromatic carbocycles. The van der Waals surface area contributed by atoms with Crippen LogP contribution in [0.5, 0.6) is 23.0 Å². The highest BCUT2D eigenvalue weighted by Crippen LogP contribution is 2.32. The lowest BCUT2D eigenvalue weighted by atomic mass is 9.96. The number of phenolic OH excluding ortho intramolecular Hbond substituents is 4. The molecule has 17 nitrogen and oxygen atoms in total. The lowest BCUT2D eigenvalue weighted by Gasteiger charge is -2.46. The fraction of sp³-hybridized carbons (Fsp3) is 0.484. The van der Waals surface area contributed by atoms with Crippen LogP contribution < -0.4 is 0 Å². The summed E-state index contributed by atoms with van der Waals surface area (Å²) in [5.74, 6) is -3.27. The molecular formula is C31H38O17. The number of rotatable bonds is 12. The summed E-state index contributed by atoms with van der Waals surface area (Å²) in [5.41, 5.74) is 0.849. The maximum absolute atomic E-state index is 12.9. The highest BCUT2D eigenvalue weighted by molar-refractivity contribution is 5.87. The molecule has 2 heterocycles. The lowest BCUT2D eigenvalue weighted by molar-refractivity contribution is -0.360. The van der Waals surface area contributed by atoms with Gasteiger partial charge in [-0.05, 0) is 47.9 Å². The van der Waals surface area contributed by atoms with Gasteiger partial charge in [-0.15, -0.1) is 0 Å². The van der Waals surface area contributed by atoms with E-state index in [2.05, 4.69) is 0 Å². The van der Waals surface area contributed by atoms with Gasteiger partial charge in [0, 0.05) is 13.0 Å². The van der Waals surface area contributed by atoms with Crippen molar-refractivity contribution >= 4 is 18.0 Å². The Bertz CT molecular complexity index is 1430. The minimum absolute atomic E-state index is 0.124. The molecule has 2 fully saturated rings. The topological polar surface area (TPSA) is 272 Å². The van der Waals surface area contributed by atoms with Crippen LogP contribution in [0.4, 0.5) is 0 Å². The van der Waals surface area contributed by atoms with Gasteiger partial charge in [-0.1, -0.05) is 12.1 Å². The predicted octanol–water partition coefficient (Wildman–Crippen LogP) is -1.47. The van der Waals surface area contributed by atoms with Crippen molar-refractivity contribution in [3.8, 4) is 23.0 Å². The van der Waals surface area contributed by atoms with Crippen molar-refractivity contribution in [1.82, 2.24) is 0 Å². The van der Waals surface area contributed by atoms with Crippen LogP contribution >= 0.6 is 0 Å². The molecule has 0 aromatic heterocycles. The molecule has 264 valence electrons. The summed E-state index contributed by atoms with van der Waals surface area (Å²) in [6.45, 7) is -0.355. The Morgan fingerprint density at radius 2 is 1.46 bits per heavy atom. The first-order valence-corrected chi connectivity index (χ1v) is 14.7. The van der Waals surface area contributed by atoms with Crippen LogP contribution in [0.2, 0.25) is 0 Å². The molecular weight excluding hydrogens is 644 g/mol. The van der Waals surface area contributed by atoms with Crippen molar-refractivity contribution in [2.24, 2.45) is 0 Å². The van der Waals surface area contributed by atoms with E-state index in [1.807, 2.05) is 0 Å². The second-order valence-corrected chi connectivity index (χ2v) is 11.1. The van der Waals surface area contributed by atoms with Crippen molar-refractivity contribution < 1.29 is 84.0 Å². The lowest BCUT2D eigenvalue weighted by Crippen LogP contribution is -2.65. The highest BCUT2D eigenvalue weighted by Gasteiger charge is 2.52. The molecule has 4 rings (SSSR count). The molecule has 0 bridgehead atoms. The molecule has 0 aliphatic carbocycles. The predicted molar refractivity (Wildman–Crippen MR) is 158 cm³/mol. The van der Waals surface area contributed by atoms with E-state index in [-0.39, 0.29) is 30.3 Å². The molecule has 10 atom stereocenters. The fourth-order valence-corrected chi connectivity index (χ4v) is 5.00. The molecule has 2 aliphatic heterocycles. The smallest absolute Gasteiger partial charge is 0.331 e. The van der Waals surface area contributed by atoms with Gasteiger partial charge in [0.05, 0.1) is 13.2 Å². The van der Waals surface area contributed by atoms with Crippen LogP contribution in [0.25, 0.3) is 6.08 Å². The van der Waals surface area contributed by atoms with Gasteiger partial charge < -0.3 is 74.4 Å². The number of hydrogen-bond donors (Lipinski definition) is 9. The van der Waals surface area contributed by atoms with Crippen molar-refractivity contribution in [2.75, 3.05) is 19.8 Å². The third kappa shape index (κ3) is 9.10. The fourth-order valence-electron chi connectivity index (χ4n) is 5.00. The molecule has 2 aromatic rings. The molecule has 2 saturated heterocycles. The number of esters is 2. The van der Waals surface area contributed by atoms with Gasteiger partial charge in [-0.25, -0.2) is 4.79 Å². The number of carbonyl (C=O) groups excluding carboxylic acids is 2. The summed E-state index contributed by atoms with van der Waals surface area (Å²) < 4.78 is 33.2. The summed E-state index contributed by atoms with van der Waals surface area (Å²) in [7, 11) is 0. The van der Waals surface area contributed by atoms with Crippen LogP contribution in [0.3, 0.4) is 0 Å². The summed E-state index contributed by atoms with van der Waals surface area (Å²) in [4.78, 5) is 24.2. The number of benzene rings is 2. The molecule has 0 unspecified atom stereocenters. The van der Waals surface area contributed by atoms with Gasteiger partial charge in [-0.2, -0.15) is 0 Å². The molecule has 0 radical (unpaired) electrons. The minimum Gasteiger partial charge on any atom is -0.504 e. The van der Waals surface area contributed by atoms with Crippen LogP contribution in [0.15, 0.2) is 42.5 Å². The first-order valence-electron chi connectivity index (χ1n) is 14.7. The maximum Gasteiger partial charge on any atom is 0.331 e. The normalized spacial score (nSPS) is 30.6. The van der Waals surface area contributed by atoms with E-state index in [4.69, 9.17) is 28.4 Å². The van der Waals surface area contributed by atoms with E-state index in [1.54, 1.807) is 0 Å². The molecule has 48 heavy (non-hydrogen) atoms. The molecule has 0 saturated carbocycles. The monoisotopic (exact) mass is 682 g/mol. The number of aliphatic hydroxyl groups is 5. The molecule has 2 aliphatic rings. The van der Waals surface area contributed by atoms with Crippen LogP contribution in [-0.2, 0) is 44.4 Å². The summed E-state index contributed by atoms with van der Waals surface area (Å²) in [6, 6.07) is 7.85. The number of carbonyl (C=O) groups is 2. The maximum atomic E-state index is 12.9. The number of phenols is 4. The van der Waals surface area contributed by atoms with Crippen LogP contribution in [-0.4, -0.2) is 139 Å². The van der Waals surface area contributed by atoms with Crippen molar-refractivity contribution in [3.63, 3.8) is 0 Å². The zero-order chi connectivity index (χ0) is 35.1. The quantitative estimate of drug-likeness (QED) is 0.0702. The summed E-state index contributed by atoms with van der Waals surface area (Å²) in [6.07, 6.45) is -14.4. The highest BCUT2D eigenvalue weighted by atomic mass is 16.7. The first-order chi connectivity index (χ1) is 22.8. The SMILES string of the molecule is CC(=O)OC[C@H]1O[C@@H](O[C@H]2[C@H](O)[C@@H](OCCc3ccc(O)c(O)c3)O[C@@H](CO)[C@@H]2OC(=O)/C=C/c2ccc(O)c(O)c2)[C@H](O)[C@@H](O)[C@@H]1O. The largest absolute Gasteiger partial charge is 0.504 e. The van der Waals surface area contributed by atoms with Crippen molar-refractivity contribution in [2.45, 2.75) is 74.8 Å². The van der Waals surface area contributed by atoms with Crippen LogP contribution in [0, 0.1) is 0 Å². The third-order valence-corrected chi connectivity index (χ3v) is 7.58. The Balaban J connectivity index is 1.55. The zero-order valence-corrected chi connectivity index (χ0v) is 25.5. The summed E-state index contributed by atoms with van der Waals surface area (Å²) >= 11 is 0. The second-order valence-electron chi connectivity index (χ2n) is 11.1. The molecule has 0 amide bonds.